The summed E-state index contributed by atoms with van der Waals surface area (Å²) in [6.45, 7) is 1.27. The first kappa shape index (κ1) is 12.0. The molecule has 1 heterocycles. The Labute approximate surface area is 93.2 Å². The van der Waals surface area contributed by atoms with Crippen LogP contribution in [-0.4, -0.2) is 36.9 Å². The first-order chi connectivity index (χ1) is 7.06. The Bertz CT molecular complexity index is 391. The summed E-state index contributed by atoms with van der Waals surface area (Å²) >= 11 is 5.72. The van der Waals surface area contributed by atoms with E-state index in [1.807, 2.05) is 11.9 Å². The van der Waals surface area contributed by atoms with E-state index in [0.717, 1.165) is 5.82 Å². The molecular weight excluding hydrogens is 218 g/mol. The summed E-state index contributed by atoms with van der Waals surface area (Å²) in [6, 6.07) is 1.65. The summed E-state index contributed by atoms with van der Waals surface area (Å²) in [7, 11) is 5.15. The summed E-state index contributed by atoms with van der Waals surface area (Å²) in [5, 5.41) is 0.206. The smallest absolute Gasteiger partial charge is 0.350 e. The third-order valence-corrected chi connectivity index (χ3v) is 2.30. The lowest BCUT2D eigenvalue weighted by Gasteiger charge is -2.20. The van der Waals surface area contributed by atoms with Crippen LogP contribution in [0.5, 0.6) is 0 Å². The van der Waals surface area contributed by atoms with Gasteiger partial charge in [0.1, 0.15) is 11.0 Å². The fourth-order valence-electron chi connectivity index (χ4n) is 1.21. The van der Waals surface area contributed by atoms with Gasteiger partial charge in [-0.1, -0.05) is 11.6 Å². The fourth-order valence-corrected chi connectivity index (χ4v) is 1.38. The van der Waals surface area contributed by atoms with Crippen LogP contribution in [0.4, 0.5) is 5.82 Å². The van der Waals surface area contributed by atoms with E-state index < -0.39 is 0 Å². The maximum atomic E-state index is 11.3. The van der Waals surface area contributed by atoms with Crippen LogP contribution in [0.1, 0.15) is 0 Å². The number of aromatic nitrogens is 2. The molecule has 0 N–H and O–H groups in total. The van der Waals surface area contributed by atoms with Gasteiger partial charge in [-0.05, 0) is 0 Å². The Kier molecular flexibility index (Phi) is 4.11. The molecule has 0 amide bonds. The standard InChI is InChI=1S/C9H14ClN3O2/c1-12(4-5-15-3)8-6-7(10)11-9(14)13(8)2/h6H,4-5H2,1-3H3. The quantitative estimate of drug-likeness (QED) is 0.709. The molecular formula is C9H14ClN3O2. The highest BCUT2D eigenvalue weighted by Crippen LogP contribution is 2.12. The molecule has 5 nitrogen and oxygen atoms in total. The van der Waals surface area contributed by atoms with Crippen molar-refractivity contribution in [1.82, 2.24) is 9.55 Å². The van der Waals surface area contributed by atoms with E-state index in [9.17, 15) is 4.79 Å². The average Bonchev–Trinajstić information content (AvgIpc) is 2.19. The summed E-state index contributed by atoms with van der Waals surface area (Å²) in [4.78, 5) is 16.8. The van der Waals surface area contributed by atoms with Crippen molar-refractivity contribution in [3.63, 3.8) is 0 Å². The number of nitrogens with zero attached hydrogens (tertiary/aromatic N) is 3. The zero-order chi connectivity index (χ0) is 11.4. The second-order valence-corrected chi connectivity index (χ2v) is 3.58. The minimum Gasteiger partial charge on any atom is -0.383 e. The van der Waals surface area contributed by atoms with Gasteiger partial charge in [0, 0.05) is 33.8 Å². The van der Waals surface area contributed by atoms with Crippen LogP contribution >= 0.6 is 11.6 Å². The highest BCUT2D eigenvalue weighted by Gasteiger charge is 2.07. The molecule has 0 spiro atoms. The molecule has 0 bridgehead atoms. The maximum absolute atomic E-state index is 11.3. The number of hydrogen-bond donors (Lipinski definition) is 0. The van der Waals surface area contributed by atoms with E-state index >= 15 is 0 Å². The molecule has 0 aliphatic rings. The van der Waals surface area contributed by atoms with Crippen LogP contribution < -0.4 is 10.6 Å². The minimum atomic E-state index is -0.359. The lowest BCUT2D eigenvalue weighted by atomic mass is 10.5. The average molecular weight is 232 g/mol. The lowest BCUT2D eigenvalue weighted by molar-refractivity contribution is 0.206. The Morgan fingerprint density at radius 3 is 2.93 bits per heavy atom. The predicted octanol–water partition coefficient (Wildman–Crippen LogP) is 0.516. The molecule has 84 valence electrons. The number of hydrogen-bond acceptors (Lipinski definition) is 4. The normalized spacial score (nSPS) is 10.4. The largest absolute Gasteiger partial charge is 0.383 e. The molecule has 0 aromatic carbocycles. The molecule has 0 fully saturated rings. The summed E-state index contributed by atoms with van der Waals surface area (Å²) < 4.78 is 6.40. The molecule has 1 rings (SSSR count). The van der Waals surface area contributed by atoms with E-state index in [1.165, 1.54) is 4.57 Å². The van der Waals surface area contributed by atoms with Crippen LogP contribution in [-0.2, 0) is 11.8 Å². The molecule has 0 unspecified atom stereocenters. The van der Waals surface area contributed by atoms with Crippen LogP contribution in [0.2, 0.25) is 5.15 Å². The first-order valence-electron chi connectivity index (χ1n) is 4.50. The van der Waals surface area contributed by atoms with Crippen LogP contribution in [0, 0.1) is 0 Å². The molecule has 6 heteroatoms. The van der Waals surface area contributed by atoms with Crippen molar-refractivity contribution in [3.8, 4) is 0 Å². The first-order valence-corrected chi connectivity index (χ1v) is 4.87. The van der Waals surface area contributed by atoms with E-state index in [0.29, 0.717) is 13.2 Å². The lowest BCUT2D eigenvalue weighted by Crippen LogP contribution is -2.30. The van der Waals surface area contributed by atoms with Crippen molar-refractivity contribution in [2.75, 3.05) is 32.2 Å². The molecule has 0 atom stereocenters. The van der Waals surface area contributed by atoms with E-state index in [2.05, 4.69) is 4.98 Å². The second-order valence-electron chi connectivity index (χ2n) is 3.19. The molecule has 0 aliphatic heterocycles. The van der Waals surface area contributed by atoms with Gasteiger partial charge in [-0.25, -0.2) is 4.79 Å². The van der Waals surface area contributed by atoms with Crippen molar-refractivity contribution in [2.45, 2.75) is 0 Å². The van der Waals surface area contributed by atoms with E-state index in [-0.39, 0.29) is 10.8 Å². The summed E-state index contributed by atoms with van der Waals surface area (Å²) in [5.41, 5.74) is -0.359. The third-order valence-electron chi connectivity index (χ3n) is 2.10. The van der Waals surface area contributed by atoms with Gasteiger partial charge in [0.15, 0.2) is 0 Å². The zero-order valence-corrected chi connectivity index (χ0v) is 9.78. The molecule has 1 aromatic heterocycles. The molecule has 1 aromatic rings. The van der Waals surface area contributed by atoms with Crippen molar-refractivity contribution >= 4 is 17.4 Å². The van der Waals surface area contributed by atoms with Crippen LogP contribution in [0.15, 0.2) is 10.9 Å². The molecule has 0 saturated heterocycles. The number of rotatable bonds is 4. The van der Waals surface area contributed by atoms with E-state index in [1.54, 1.807) is 20.2 Å². The number of halogens is 1. The van der Waals surface area contributed by atoms with Crippen molar-refractivity contribution < 1.29 is 4.74 Å². The maximum Gasteiger partial charge on any atom is 0.350 e. The third kappa shape index (κ3) is 2.94. The van der Waals surface area contributed by atoms with Gasteiger partial charge in [0.2, 0.25) is 0 Å². The van der Waals surface area contributed by atoms with E-state index in [4.69, 9.17) is 16.3 Å². The van der Waals surface area contributed by atoms with Gasteiger partial charge < -0.3 is 9.64 Å². The Balaban J connectivity index is 2.97. The fraction of sp³-hybridized carbons (Fsp3) is 0.556. The Morgan fingerprint density at radius 1 is 1.67 bits per heavy atom. The van der Waals surface area contributed by atoms with Gasteiger partial charge in [-0.2, -0.15) is 4.98 Å². The number of ether oxygens (including phenoxy) is 1. The minimum absolute atomic E-state index is 0.206. The topological polar surface area (TPSA) is 47.4 Å². The monoisotopic (exact) mass is 231 g/mol. The molecule has 0 aliphatic carbocycles. The van der Waals surface area contributed by atoms with Gasteiger partial charge in [0.05, 0.1) is 6.61 Å². The molecule has 0 saturated carbocycles. The van der Waals surface area contributed by atoms with Crippen molar-refractivity contribution in [3.05, 3.63) is 21.7 Å². The van der Waals surface area contributed by atoms with Gasteiger partial charge in [0.25, 0.3) is 0 Å². The number of anilines is 1. The summed E-state index contributed by atoms with van der Waals surface area (Å²) in [6.07, 6.45) is 0. The van der Waals surface area contributed by atoms with Crippen LogP contribution in [0.25, 0.3) is 0 Å². The molecule has 15 heavy (non-hydrogen) atoms. The van der Waals surface area contributed by atoms with Crippen molar-refractivity contribution in [2.24, 2.45) is 7.05 Å². The van der Waals surface area contributed by atoms with Crippen LogP contribution in [0.3, 0.4) is 0 Å². The SMILES string of the molecule is COCCN(C)c1cc(Cl)nc(=O)n1C. The second kappa shape index (κ2) is 5.14. The highest BCUT2D eigenvalue weighted by atomic mass is 35.5. The Hall–Kier alpha value is -1.07. The summed E-state index contributed by atoms with van der Waals surface area (Å²) in [5.74, 6) is 0.719. The van der Waals surface area contributed by atoms with Crippen molar-refractivity contribution in [1.29, 1.82) is 0 Å². The predicted molar refractivity (Wildman–Crippen MR) is 59.6 cm³/mol. The Morgan fingerprint density at radius 2 is 2.33 bits per heavy atom. The van der Waals surface area contributed by atoms with Gasteiger partial charge in [-0.3, -0.25) is 4.57 Å². The van der Waals surface area contributed by atoms with Gasteiger partial charge in [-0.15, -0.1) is 0 Å². The highest BCUT2D eigenvalue weighted by molar-refractivity contribution is 6.29. The molecule has 0 radical (unpaired) electrons. The van der Waals surface area contributed by atoms with Gasteiger partial charge >= 0.3 is 5.69 Å². The number of methoxy groups -OCH3 is 1. The zero-order valence-electron chi connectivity index (χ0n) is 9.03. The number of likely N-dealkylation sites (N-methyl/N-ethyl adjacent to an activating group) is 1.